The second-order valence-electron chi connectivity index (χ2n) is 7.51. The van der Waals surface area contributed by atoms with Crippen molar-refractivity contribution in [1.29, 1.82) is 0 Å². The number of aromatic carboxylic acids is 1. The predicted molar refractivity (Wildman–Crippen MR) is 108 cm³/mol. The number of amides is 1. The van der Waals surface area contributed by atoms with Crippen LogP contribution in [-0.4, -0.2) is 41.1 Å². The smallest absolute Gasteiger partial charge is 0.335 e. The number of benzene rings is 2. The Morgan fingerprint density at radius 1 is 1.14 bits per heavy atom. The van der Waals surface area contributed by atoms with Gasteiger partial charge in [0.2, 0.25) is 0 Å². The number of likely N-dealkylation sites (tertiary alicyclic amines) is 1. The Morgan fingerprint density at radius 2 is 1.86 bits per heavy atom. The van der Waals surface area contributed by atoms with Crippen molar-refractivity contribution in [3.05, 3.63) is 65.2 Å². The number of carboxylic acids is 1. The van der Waals surface area contributed by atoms with Gasteiger partial charge in [0.15, 0.2) is 6.10 Å². The lowest BCUT2D eigenvalue weighted by Crippen LogP contribution is -2.45. The maximum atomic E-state index is 12.7. The molecule has 1 fully saturated rings. The topological polar surface area (TPSA) is 66.8 Å². The largest absolute Gasteiger partial charge is 0.481 e. The molecule has 0 saturated carbocycles. The zero-order chi connectivity index (χ0) is 20.1. The quantitative estimate of drug-likeness (QED) is 0.823. The molecule has 0 aliphatic carbocycles. The minimum absolute atomic E-state index is 0.00546. The van der Waals surface area contributed by atoms with E-state index in [1.807, 2.05) is 48.2 Å². The first-order valence-electron chi connectivity index (χ1n) is 9.77. The summed E-state index contributed by atoms with van der Waals surface area (Å²) in [7, 11) is 0. The fourth-order valence-electron chi connectivity index (χ4n) is 3.78. The molecule has 0 bridgehead atoms. The van der Waals surface area contributed by atoms with Crippen LogP contribution in [-0.2, 0) is 11.2 Å². The lowest BCUT2D eigenvalue weighted by Gasteiger charge is -2.33. The van der Waals surface area contributed by atoms with E-state index in [9.17, 15) is 14.7 Å². The van der Waals surface area contributed by atoms with Gasteiger partial charge in [-0.15, -0.1) is 0 Å². The van der Waals surface area contributed by atoms with Crippen molar-refractivity contribution >= 4 is 11.9 Å². The Labute approximate surface area is 165 Å². The molecule has 1 N–H and O–H groups in total. The third kappa shape index (κ3) is 4.91. The van der Waals surface area contributed by atoms with Crippen LogP contribution in [0.3, 0.4) is 0 Å². The molecule has 1 amide bonds. The van der Waals surface area contributed by atoms with Crippen LogP contribution < -0.4 is 4.74 Å². The highest BCUT2D eigenvalue weighted by Crippen LogP contribution is 2.24. The van der Waals surface area contributed by atoms with Gasteiger partial charge in [-0.1, -0.05) is 30.3 Å². The van der Waals surface area contributed by atoms with E-state index in [-0.39, 0.29) is 5.91 Å². The molecule has 0 spiro atoms. The number of carboxylic acid groups (broad SMARTS) is 1. The van der Waals surface area contributed by atoms with Crippen molar-refractivity contribution < 1.29 is 19.4 Å². The maximum absolute atomic E-state index is 12.7. The summed E-state index contributed by atoms with van der Waals surface area (Å²) in [6.45, 7) is 5.15. The molecule has 1 saturated heterocycles. The fourth-order valence-corrected chi connectivity index (χ4v) is 3.78. The number of rotatable bonds is 6. The van der Waals surface area contributed by atoms with Gasteiger partial charge in [0.25, 0.3) is 5.91 Å². The van der Waals surface area contributed by atoms with E-state index < -0.39 is 12.1 Å². The third-order valence-electron chi connectivity index (χ3n) is 5.33. The Hall–Kier alpha value is -2.82. The van der Waals surface area contributed by atoms with Gasteiger partial charge < -0.3 is 14.7 Å². The van der Waals surface area contributed by atoms with Crippen LogP contribution in [0.15, 0.2) is 48.5 Å². The summed E-state index contributed by atoms with van der Waals surface area (Å²) in [6.07, 6.45) is 1.96. The van der Waals surface area contributed by atoms with Crippen LogP contribution in [0.2, 0.25) is 0 Å². The molecule has 2 aromatic carbocycles. The number of hydrogen-bond acceptors (Lipinski definition) is 3. The third-order valence-corrected chi connectivity index (χ3v) is 5.33. The molecule has 1 aliphatic rings. The van der Waals surface area contributed by atoms with E-state index in [0.717, 1.165) is 30.4 Å². The number of nitrogens with zero attached hydrogens (tertiary/aromatic N) is 1. The molecule has 1 unspecified atom stereocenters. The van der Waals surface area contributed by atoms with Gasteiger partial charge in [0.1, 0.15) is 5.75 Å². The molecule has 1 heterocycles. The highest BCUT2D eigenvalue weighted by molar-refractivity contribution is 5.89. The van der Waals surface area contributed by atoms with Crippen molar-refractivity contribution in [1.82, 2.24) is 4.90 Å². The molecule has 2 aromatic rings. The lowest BCUT2D eigenvalue weighted by molar-refractivity contribution is -0.139. The molecule has 1 aliphatic heterocycles. The van der Waals surface area contributed by atoms with E-state index >= 15 is 0 Å². The summed E-state index contributed by atoms with van der Waals surface area (Å²) in [5.74, 6) is 0.217. The zero-order valence-electron chi connectivity index (χ0n) is 16.4. The summed E-state index contributed by atoms with van der Waals surface area (Å²) in [5.41, 5.74) is 2.34. The normalized spacial score (nSPS) is 15.9. The van der Waals surface area contributed by atoms with Gasteiger partial charge in [0, 0.05) is 13.1 Å². The Balaban J connectivity index is 1.53. The molecular formula is C23H27NO4. The lowest BCUT2D eigenvalue weighted by atomic mass is 9.88. The molecule has 3 rings (SSSR count). The van der Waals surface area contributed by atoms with Gasteiger partial charge in [-0.25, -0.2) is 4.79 Å². The van der Waals surface area contributed by atoms with E-state index in [1.54, 1.807) is 19.1 Å². The number of piperidine rings is 1. The molecule has 5 heteroatoms. The highest BCUT2D eigenvalue weighted by atomic mass is 16.5. The molecule has 5 nitrogen and oxygen atoms in total. The van der Waals surface area contributed by atoms with Gasteiger partial charge in [0.05, 0.1) is 5.56 Å². The van der Waals surface area contributed by atoms with Crippen LogP contribution in [0.5, 0.6) is 5.75 Å². The summed E-state index contributed by atoms with van der Waals surface area (Å²) in [6, 6.07) is 14.9. The standard InChI is InChI=1S/C23H27NO4/c1-16-6-5-8-20(14-16)28-17(2)22(25)24-12-10-18(11-13-24)15-19-7-3-4-9-21(19)23(26)27/h3-9,14,17-18H,10-13,15H2,1-2H3,(H,26,27). The van der Waals surface area contributed by atoms with Crippen molar-refractivity contribution in [2.24, 2.45) is 5.92 Å². The molecule has 1 atom stereocenters. The number of hydrogen-bond donors (Lipinski definition) is 1. The first-order valence-corrected chi connectivity index (χ1v) is 9.77. The van der Waals surface area contributed by atoms with Crippen molar-refractivity contribution in [2.45, 2.75) is 39.2 Å². The van der Waals surface area contributed by atoms with Crippen LogP contribution in [0.25, 0.3) is 0 Å². The number of carbonyl (C=O) groups excluding carboxylic acids is 1. The first kappa shape index (κ1) is 19.9. The Morgan fingerprint density at radius 3 is 2.54 bits per heavy atom. The van der Waals surface area contributed by atoms with E-state index in [0.29, 0.717) is 30.3 Å². The summed E-state index contributed by atoms with van der Waals surface area (Å²) >= 11 is 0. The first-order chi connectivity index (χ1) is 13.4. The summed E-state index contributed by atoms with van der Waals surface area (Å²) in [4.78, 5) is 26.0. The molecular weight excluding hydrogens is 354 g/mol. The highest BCUT2D eigenvalue weighted by Gasteiger charge is 2.27. The minimum atomic E-state index is -0.884. The molecule has 0 aromatic heterocycles. The number of ether oxygens (including phenoxy) is 1. The van der Waals surface area contributed by atoms with Crippen LogP contribution in [0, 0.1) is 12.8 Å². The van der Waals surface area contributed by atoms with Crippen molar-refractivity contribution in [3.63, 3.8) is 0 Å². The minimum Gasteiger partial charge on any atom is -0.481 e. The second-order valence-corrected chi connectivity index (χ2v) is 7.51. The summed E-state index contributed by atoms with van der Waals surface area (Å²) < 4.78 is 5.82. The average Bonchev–Trinajstić information content (AvgIpc) is 2.68. The Bertz CT molecular complexity index is 840. The average molecular weight is 381 g/mol. The van der Waals surface area contributed by atoms with Gasteiger partial charge in [-0.3, -0.25) is 4.79 Å². The zero-order valence-corrected chi connectivity index (χ0v) is 16.4. The van der Waals surface area contributed by atoms with E-state index in [4.69, 9.17) is 4.74 Å². The van der Waals surface area contributed by atoms with Crippen LogP contribution in [0.1, 0.15) is 41.3 Å². The SMILES string of the molecule is Cc1cccc(OC(C)C(=O)N2CCC(Cc3ccccc3C(=O)O)CC2)c1. The van der Waals surface area contributed by atoms with Crippen molar-refractivity contribution in [3.8, 4) is 5.75 Å². The predicted octanol–water partition coefficient (Wildman–Crippen LogP) is 3.94. The fraction of sp³-hybridized carbons (Fsp3) is 0.391. The van der Waals surface area contributed by atoms with E-state index in [1.165, 1.54) is 0 Å². The van der Waals surface area contributed by atoms with Crippen molar-refractivity contribution in [2.75, 3.05) is 13.1 Å². The number of carbonyl (C=O) groups is 2. The monoisotopic (exact) mass is 381 g/mol. The van der Waals surface area contributed by atoms with Crippen LogP contribution >= 0.6 is 0 Å². The Kier molecular flexibility index (Phi) is 6.34. The van der Waals surface area contributed by atoms with E-state index in [2.05, 4.69) is 0 Å². The molecule has 28 heavy (non-hydrogen) atoms. The second kappa shape index (κ2) is 8.91. The van der Waals surface area contributed by atoms with Gasteiger partial charge in [-0.2, -0.15) is 0 Å². The van der Waals surface area contributed by atoms with Crippen LogP contribution in [0.4, 0.5) is 0 Å². The maximum Gasteiger partial charge on any atom is 0.335 e. The van der Waals surface area contributed by atoms with Gasteiger partial charge >= 0.3 is 5.97 Å². The summed E-state index contributed by atoms with van der Waals surface area (Å²) in [5, 5.41) is 9.34. The number of aryl methyl sites for hydroxylation is 1. The van der Waals surface area contributed by atoms with Gasteiger partial charge in [-0.05, 0) is 68.4 Å². The molecule has 0 radical (unpaired) electrons. The molecule has 148 valence electrons.